The van der Waals surface area contributed by atoms with E-state index in [0.29, 0.717) is 23.1 Å². The van der Waals surface area contributed by atoms with Crippen molar-refractivity contribution in [2.24, 2.45) is 7.05 Å². The van der Waals surface area contributed by atoms with Gasteiger partial charge < -0.3 is 4.42 Å². The highest BCUT2D eigenvalue weighted by Crippen LogP contribution is 2.19. The molecule has 2 aromatic rings. The zero-order valence-electron chi connectivity index (χ0n) is 8.81. The Morgan fingerprint density at radius 2 is 2.38 bits per heavy atom. The minimum atomic E-state index is 0.0711. The molecule has 0 aromatic carbocycles. The van der Waals surface area contributed by atoms with Gasteiger partial charge >= 0.3 is 0 Å². The highest BCUT2D eigenvalue weighted by molar-refractivity contribution is 9.10. The number of rotatable bonds is 4. The van der Waals surface area contributed by atoms with Gasteiger partial charge in [-0.05, 0) is 34.5 Å². The van der Waals surface area contributed by atoms with Crippen molar-refractivity contribution >= 4 is 21.7 Å². The lowest BCUT2D eigenvalue weighted by atomic mass is 10.1. The van der Waals surface area contributed by atoms with Gasteiger partial charge in [0.2, 0.25) is 0 Å². The molecule has 0 N–H and O–H groups in total. The largest absolute Gasteiger partial charge is 0.457 e. The molecule has 0 spiro atoms. The van der Waals surface area contributed by atoms with E-state index in [1.807, 2.05) is 13.1 Å². The first kappa shape index (κ1) is 11.1. The van der Waals surface area contributed by atoms with Crippen LogP contribution in [0.2, 0.25) is 0 Å². The van der Waals surface area contributed by atoms with Crippen LogP contribution in [0.25, 0.3) is 0 Å². The molecule has 2 rings (SSSR count). The highest BCUT2D eigenvalue weighted by atomic mass is 79.9. The Morgan fingerprint density at radius 1 is 1.56 bits per heavy atom. The minimum absolute atomic E-state index is 0.0711. The van der Waals surface area contributed by atoms with Crippen LogP contribution in [0.3, 0.4) is 0 Å². The van der Waals surface area contributed by atoms with Gasteiger partial charge in [0, 0.05) is 25.4 Å². The first-order chi connectivity index (χ1) is 7.68. The van der Waals surface area contributed by atoms with Crippen LogP contribution in [0.4, 0.5) is 0 Å². The molecule has 2 heterocycles. The van der Waals surface area contributed by atoms with Crippen molar-refractivity contribution in [3.05, 3.63) is 40.5 Å². The average Bonchev–Trinajstić information content (AvgIpc) is 2.84. The summed E-state index contributed by atoms with van der Waals surface area (Å²) in [5.74, 6) is 0.0711. The van der Waals surface area contributed by atoms with Crippen LogP contribution in [-0.4, -0.2) is 15.6 Å². The molecule has 0 aliphatic carbocycles. The van der Waals surface area contributed by atoms with Gasteiger partial charge in [-0.2, -0.15) is 5.10 Å². The zero-order valence-corrected chi connectivity index (χ0v) is 10.4. The number of furan rings is 1. The van der Waals surface area contributed by atoms with Crippen molar-refractivity contribution in [3.63, 3.8) is 0 Å². The summed E-state index contributed by atoms with van der Waals surface area (Å²) in [5.41, 5.74) is 1.65. The van der Waals surface area contributed by atoms with E-state index in [1.54, 1.807) is 16.9 Å². The Balaban J connectivity index is 1.99. The summed E-state index contributed by atoms with van der Waals surface area (Å²) in [7, 11) is 1.87. The number of carbonyl (C=O) groups excluding carboxylic acids is 1. The van der Waals surface area contributed by atoms with Crippen LogP contribution in [0.15, 0.2) is 33.7 Å². The Kier molecular flexibility index (Phi) is 3.24. The van der Waals surface area contributed by atoms with Crippen LogP contribution in [-0.2, 0) is 13.5 Å². The van der Waals surface area contributed by atoms with Crippen LogP contribution in [0.1, 0.15) is 22.5 Å². The van der Waals surface area contributed by atoms with Gasteiger partial charge in [0.25, 0.3) is 0 Å². The summed E-state index contributed by atoms with van der Waals surface area (Å²) in [6, 6.07) is 3.59. The summed E-state index contributed by atoms with van der Waals surface area (Å²) in [4.78, 5) is 11.8. The number of aryl methyl sites for hydroxylation is 2. The summed E-state index contributed by atoms with van der Waals surface area (Å²) in [6.45, 7) is 0. The van der Waals surface area contributed by atoms with Crippen molar-refractivity contribution in [2.45, 2.75) is 12.8 Å². The van der Waals surface area contributed by atoms with E-state index in [1.165, 1.54) is 6.26 Å². The molecule has 0 saturated heterocycles. The maximum Gasteiger partial charge on any atom is 0.179 e. The Morgan fingerprint density at radius 3 is 2.94 bits per heavy atom. The molecule has 4 nitrogen and oxygen atoms in total. The average molecular weight is 283 g/mol. The zero-order chi connectivity index (χ0) is 11.5. The van der Waals surface area contributed by atoms with E-state index in [9.17, 15) is 4.79 Å². The van der Waals surface area contributed by atoms with Crippen molar-refractivity contribution in [1.82, 2.24) is 9.78 Å². The van der Waals surface area contributed by atoms with Gasteiger partial charge in [0.15, 0.2) is 10.5 Å². The van der Waals surface area contributed by atoms with Crippen LogP contribution >= 0.6 is 15.9 Å². The van der Waals surface area contributed by atoms with Gasteiger partial charge in [0.05, 0.1) is 11.8 Å². The van der Waals surface area contributed by atoms with Crippen LogP contribution in [0.5, 0.6) is 0 Å². The van der Waals surface area contributed by atoms with Gasteiger partial charge in [-0.3, -0.25) is 9.48 Å². The molecule has 0 fully saturated rings. The van der Waals surface area contributed by atoms with Gasteiger partial charge in [0.1, 0.15) is 0 Å². The quantitative estimate of drug-likeness (QED) is 0.810. The third kappa shape index (κ3) is 2.24. The third-order valence-electron chi connectivity index (χ3n) is 2.45. The van der Waals surface area contributed by atoms with Gasteiger partial charge in [-0.25, -0.2) is 0 Å². The SMILES string of the molecule is Cn1nccc1CCC(=O)c1ccoc1Br. The fourth-order valence-corrected chi connectivity index (χ4v) is 1.98. The molecular weight excluding hydrogens is 272 g/mol. The maximum absolute atomic E-state index is 11.8. The van der Waals surface area contributed by atoms with Crippen molar-refractivity contribution < 1.29 is 9.21 Å². The predicted octanol–water partition coefficient (Wildman–Crippen LogP) is 2.59. The minimum Gasteiger partial charge on any atom is -0.457 e. The smallest absolute Gasteiger partial charge is 0.179 e. The molecule has 0 bridgehead atoms. The lowest BCUT2D eigenvalue weighted by Gasteiger charge is -2.00. The van der Waals surface area contributed by atoms with E-state index >= 15 is 0 Å². The number of ketones is 1. The molecule has 0 aliphatic heterocycles. The fraction of sp³-hybridized carbons (Fsp3) is 0.273. The van der Waals surface area contributed by atoms with E-state index in [-0.39, 0.29) is 5.78 Å². The third-order valence-corrected chi connectivity index (χ3v) is 3.06. The molecule has 0 atom stereocenters. The number of aromatic nitrogens is 2. The number of carbonyl (C=O) groups is 1. The topological polar surface area (TPSA) is 48.0 Å². The molecular formula is C11H11BrN2O2. The molecule has 0 radical (unpaired) electrons. The van der Waals surface area contributed by atoms with Gasteiger partial charge in [-0.1, -0.05) is 0 Å². The Labute approximate surface area is 101 Å². The number of hydrogen-bond donors (Lipinski definition) is 0. The first-order valence-corrected chi connectivity index (χ1v) is 5.71. The molecule has 16 heavy (non-hydrogen) atoms. The molecule has 0 aliphatic rings. The lowest BCUT2D eigenvalue weighted by molar-refractivity contribution is 0.0980. The van der Waals surface area contributed by atoms with Crippen LogP contribution in [0, 0.1) is 0 Å². The number of Topliss-reactive ketones (excluding diaryl/α,β-unsaturated/α-hetero) is 1. The molecule has 2 aromatic heterocycles. The number of nitrogens with zero attached hydrogens (tertiary/aromatic N) is 2. The number of hydrogen-bond acceptors (Lipinski definition) is 3. The summed E-state index contributed by atoms with van der Waals surface area (Å²) < 4.78 is 7.30. The van der Waals surface area contributed by atoms with Gasteiger partial charge in [-0.15, -0.1) is 0 Å². The molecule has 0 saturated carbocycles. The molecule has 0 amide bonds. The second kappa shape index (κ2) is 4.65. The molecule has 0 unspecified atom stereocenters. The summed E-state index contributed by atoms with van der Waals surface area (Å²) in [6.07, 6.45) is 4.37. The second-order valence-corrected chi connectivity index (χ2v) is 4.20. The Hall–Kier alpha value is -1.36. The first-order valence-electron chi connectivity index (χ1n) is 4.91. The highest BCUT2D eigenvalue weighted by Gasteiger charge is 2.13. The fourth-order valence-electron chi connectivity index (χ4n) is 1.52. The predicted molar refractivity (Wildman–Crippen MR) is 62.3 cm³/mol. The lowest BCUT2D eigenvalue weighted by Crippen LogP contribution is -2.04. The summed E-state index contributed by atoms with van der Waals surface area (Å²) >= 11 is 3.20. The van der Waals surface area contributed by atoms with Crippen molar-refractivity contribution in [1.29, 1.82) is 0 Å². The van der Waals surface area contributed by atoms with E-state index in [2.05, 4.69) is 21.0 Å². The van der Waals surface area contributed by atoms with E-state index in [4.69, 9.17) is 4.42 Å². The summed E-state index contributed by atoms with van der Waals surface area (Å²) in [5, 5.41) is 4.05. The molecule has 84 valence electrons. The van der Waals surface area contributed by atoms with Crippen molar-refractivity contribution in [2.75, 3.05) is 0 Å². The second-order valence-electron chi connectivity index (χ2n) is 3.48. The van der Waals surface area contributed by atoms with Crippen molar-refractivity contribution in [3.8, 4) is 0 Å². The Bertz CT molecular complexity index is 502. The van der Waals surface area contributed by atoms with E-state index in [0.717, 1.165) is 5.69 Å². The van der Waals surface area contributed by atoms with E-state index < -0.39 is 0 Å². The standard InChI is InChI=1S/C11H11BrN2O2/c1-14-8(4-6-13-14)2-3-10(15)9-5-7-16-11(9)12/h4-7H,2-3H2,1H3. The normalized spacial score (nSPS) is 10.6. The number of halogens is 1. The monoisotopic (exact) mass is 282 g/mol. The maximum atomic E-state index is 11.8. The van der Waals surface area contributed by atoms with Crippen LogP contribution < -0.4 is 0 Å². The molecule has 5 heteroatoms.